The van der Waals surface area contributed by atoms with E-state index in [0.29, 0.717) is 5.69 Å². The maximum Gasteiger partial charge on any atom is 0.349 e. The molecule has 0 unspecified atom stereocenters. The van der Waals surface area contributed by atoms with Crippen LogP contribution in [0.4, 0.5) is 22.7 Å². The van der Waals surface area contributed by atoms with Crippen LogP contribution < -0.4 is 4.90 Å². The molecule has 184 valence electrons. The number of hydrogen-bond donors (Lipinski definition) is 0. The molecular weight excluding hydrogens is 507 g/mol. The quantitative estimate of drug-likeness (QED) is 0.126. The number of hydrogen-bond acceptors (Lipinski definition) is 7. The van der Waals surface area contributed by atoms with Crippen LogP contribution in [-0.2, 0) is 32.3 Å². The number of nitro groups is 1. The highest BCUT2D eigenvalue weighted by Crippen LogP contribution is 2.35. The van der Waals surface area contributed by atoms with Crippen molar-refractivity contribution in [3.63, 3.8) is 0 Å². The summed E-state index contributed by atoms with van der Waals surface area (Å²) in [6.45, 7) is 6.70. The number of carbonyl (C=O) groups is 2. The summed E-state index contributed by atoms with van der Waals surface area (Å²) < 4.78 is 10.1. The Morgan fingerprint density at radius 3 is 1.36 bits per heavy atom. The molecule has 8 nitrogen and oxygen atoms in total. The number of nitro benzene ring substituents is 1. The van der Waals surface area contributed by atoms with Gasteiger partial charge in [-0.1, -0.05) is 60.6 Å². The summed E-state index contributed by atoms with van der Waals surface area (Å²) in [4.78, 5) is 35.6. The van der Waals surface area contributed by atoms with Gasteiger partial charge in [-0.05, 0) is 47.5 Å². The van der Waals surface area contributed by atoms with Gasteiger partial charge < -0.3 is 14.4 Å². The molecule has 10 heteroatoms. The Morgan fingerprint density at radius 1 is 0.722 bits per heavy atom. The number of benzene rings is 3. The lowest BCUT2D eigenvalue weighted by molar-refractivity contribution is -0.384. The van der Waals surface area contributed by atoms with Gasteiger partial charge in [0.15, 0.2) is 0 Å². The van der Waals surface area contributed by atoms with Gasteiger partial charge in [-0.3, -0.25) is 10.1 Å². The number of esters is 2. The number of nitrogens with zero attached hydrogens (tertiary/aromatic N) is 2. The maximum atomic E-state index is 11.5. The Labute approximate surface area is 217 Å². The largest absolute Gasteiger partial charge is 0.457 e. The first-order valence-electron chi connectivity index (χ1n) is 10.4. The first kappa shape index (κ1) is 26.5. The minimum Gasteiger partial charge on any atom is -0.457 e. The smallest absolute Gasteiger partial charge is 0.349 e. The van der Waals surface area contributed by atoms with E-state index in [0.717, 1.165) is 22.5 Å². The first-order chi connectivity index (χ1) is 17.2. The van der Waals surface area contributed by atoms with Gasteiger partial charge in [-0.15, -0.1) is 0 Å². The molecular formula is C26H20Cl2N2O6. The third-order valence-corrected chi connectivity index (χ3v) is 5.20. The average molecular weight is 527 g/mol. The van der Waals surface area contributed by atoms with Crippen LogP contribution in [0.25, 0.3) is 0 Å². The molecule has 0 heterocycles. The SMILES string of the molecule is C=C(Cl)C(=O)OCc1ccc(N(c2ccc(COC(=O)C(=C)Cl)cc2)c2ccc([N+](=O)[O-])cc2)cc1. The van der Waals surface area contributed by atoms with Crippen LogP contribution in [0.3, 0.4) is 0 Å². The Bertz CT molecular complexity index is 1220. The fraction of sp³-hybridized carbons (Fsp3) is 0.0769. The van der Waals surface area contributed by atoms with Gasteiger partial charge in [0.25, 0.3) is 5.69 Å². The van der Waals surface area contributed by atoms with Crippen molar-refractivity contribution in [1.82, 2.24) is 0 Å². The van der Waals surface area contributed by atoms with Crippen molar-refractivity contribution in [2.45, 2.75) is 13.2 Å². The van der Waals surface area contributed by atoms with E-state index >= 15 is 0 Å². The monoisotopic (exact) mass is 526 g/mol. The Morgan fingerprint density at radius 2 is 1.06 bits per heavy atom. The molecule has 0 atom stereocenters. The van der Waals surface area contributed by atoms with E-state index in [1.54, 1.807) is 36.4 Å². The zero-order valence-corrected chi connectivity index (χ0v) is 20.4. The second kappa shape index (κ2) is 12.0. The summed E-state index contributed by atoms with van der Waals surface area (Å²) in [7, 11) is 0. The molecule has 0 spiro atoms. The molecule has 3 rings (SSSR count). The summed E-state index contributed by atoms with van der Waals surface area (Å²) >= 11 is 11.1. The molecule has 36 heavy (non-hydrogen) atoms. The number of halogens is 2. The third kappa shape index (κ3) is 6.94. The van der Waals surface area contributed by atoms with E-state index < -0.39 is 16.9 Å². The molecule has 0 fully saturated rings. The van der Waals surface area contributed by atoms with Gasteiger partial charge >= 0.3 is 11.9 Å². The predicted octanol–water partition coefficient (Wildman–Crippen LogP) is 6.66. The zero-order valence-electron chi connectivity index (χ0n) is 18.9. The fourth-order valence-corrected chi connectivity index (χ4v) is 3.22. The van der Waals surface area contributed by atoms with Crippen molar-refractivity contribution >= 4 is 57.9 Å². The standard InChI is InChI=1S/C26H20Cl2N2O6/c1-17(27)25(31)35-15-19-3-7-21(8-4-19)29(23-11-13-24(14-12-23)30(33)34)22-9-5-20(6-10-22)16-36-26(32)18(2)28/h3-14H,1-2,15-16H2. The molecule has 0 aliphatic rings. The molecule has 3 aromatic carbocycles. The van der Waals surface area contributed by atoms with Crippen LogP contribution in [0.1, 0.15) is 11.1 Å². The highest BCUT2D eigenvalue weighted by molar-refractivity contribution is 6.41. The summed E-state index contributed by atoms with van der Waals surface area (Å²) in [6.07, 6.45) is 0. The Kier molecular flexibility index (Phi) is 8.83. The van der Waals surface area contributed by atoms with Crippen molar-refractivity contribution < 1.29 is 24.0 Å². The number of anilines is 3. The van der Waals surface area contributed by atoms with Crippen molar-refractivity contribution in [3.8, 4) is 0 Å². The van der Waals surface area contributed by atoms with Crippen molar-refractivity contribution in [2.75, 3.05) is 4.90 Å². The van der Waals surface area contributed by atoms with Crippen molar-refractivity contribution in [1.29, 1.82) is 0 Å². The Hall–Kier alpha value is -4.14. The van der Waals surface area contributed by atoms with E-state index in [-0.39, 0.29) is 29.0 Å². The molecule has 0 aliphatic carbocycles. The lowest BCUT2D eigenvalue weighted by Crippen LogP contribution is -2.10. The van der Waals surface area contributed by atoms with E-state index in [2.05, 4.69) is 13.2 Å². The average Bonchev–Trinajstić information content (AvgIpc) is 2.87. The van der Waals surface area contributed by atoms with Gasteiger partial charge in [0.05, 0.1) is 4.92 Å². The van der Waals surface area contributed by atoms with Crippen LogP contribution in [-0.4, -0.2) is 16.9 Å². The summed E-state index contributed by atoms with van der Waals surface area (Å²) in [6, 6.07) is 20.5. The molecule has 3 aromatic rings. The minimum atomic E-state index is -0.700. The van der Waals surface area contributed by atoms with Crippen LogP contribution >= 0.6 is 23.2 Å². The molecule has 0 saturated heterocycles. The fourth-order valence-electron chi connectivity index (χ4n) is 3.11. The van der Waals surface area contributed by atoms with Crippen molar-refractivity contribution in [2.24, 2.45) is 0 Å². The van der Waals surface area contributed by atoms with E-state index in [9.17, 15) is 19.7 Å². The summed E-state index contributed by atoms with van der Waals surface area (Å²) in [5.41, 5.74) is 3.60. The lowest BCUT2D eigenvalue weighted by Gasteiger charge is -2.25. The number of ether oxygens (including phenoxy) is 2. The summed E-state index contributed by atoms with van der Waals surface area (Å²) in [5.74, 6) is -1.40. The first-order valence-corrected chi connectivity index (χ1v) is 11.2. The molecule has 0 radical (unpaired) electrons. The number of carbonyl (C=O) groups excluding carboxylic acids is 2. The predicted molar refractivity (Wildman–Crippen MR) is 137 cm³/mol. The van der Waals surface area contributed by atoms with Gasteiger partial charge in [0.2, 0.25) is 0 Å². The zero-order chi connectivity index (χ0) is 26.2. The Balaban J connectivity index is 1.88. The van der Waals surface area contributed by atoms with E-state index in [1.165, 1.54) is 12.1 Å². The maximum absolute atomic E-state index is 11.5. The van der Waals surface area contributed by atoms with Crippen LogP contribution in [0.2, 0.25) is 0 Å². The second-order valence-corrected chi connectivity index (χ2v) is 8.32. The number of rotatable bonds is 10. The molecule has 0 amide bonds. The normalized spacial score (nSPS) is 10.3. The lowest BCUT2D eigenvalue weighted by atomic mass is 10.1. The van der Waals surface area contributed by atoms with Crippen LogP contribution in [0.5, 0.6) is 0 Å². The molecule has 0 bridgehead atoms. The molecule has 0 saturated carbocycles. The van der Waals surface area contributed by atoms with Crippen LogP contribution in [0, 0.1) is 10.1 Å². The van der Waals surface area contributed by atoms with Gasteiger partial charge in [0, 0.05) is 29.2 Å². The van der Waals surface area contributed by atoms with Crippen molar-refractivity contribution in [3.05, 3.63) is 117 Å². The second-order valence-electron chi connectivity index (χ2n) is 7.40. The summed E-state index contributed by atoms with van der Waals surface area (Å²) in [5, 5.41) is 10.7. The highest BCUT2D eigenvalue weighted by atomic mass is 35.5. The van der Waals surface area contributed by atoms with Gasteiger partial charge in [-0.25, -0.2) is 9.59 Å². The van der Waals surface area contributed by atoms with E-state index in [4.69, 9.17) is 32.7 Å². The topological polar surface area (TPSA) is 99.0 Å². The van der Waals surface area contributed by atoms with Gasteiger partial charge in [-0.2, -0.15) is 0 Å². The minimum absolute atomic E-state index is 0.0184. The van der Waals surface area contributed by atoms with E-state index in [1.807, 2.05) is 29.2 Å². The van der Waals surface area contributed by atoms with Crippen LogP contribution in [0.15, 0.2) is 96.0 Å². The number of non-ortho nitro benzene ring substituents is 1. The molecule has 0 aliphatic heterocycles. The molecule has 0 N–H and O–H groups in total. The third-order valence-electron chi connectivity index (χ3n) is 4.89. The highest BCUT2D eigenvalue weighted by Gasteiger charge is 2.15. The molecule has 0 aromatic heterocycles. The van der Waals surface area contributed by atoms with Gasteiger partial charge in [0.1, 0.15) is 23.3 Å².